The van der Waals surface area contributed by atoms with Crippen molar-refractivity contribution in [1.82, 2.24) is 4.98 Å². The van der Waals surface area contributed by atoms with E-state index in [-0.39, 0.29) is 0 Å². The lowest BCUT2D eigenvalue weighted by molar-refractivity contribution is 0.1000. The summed E-state index contributed by atoms with van der Waals surface area (Å²) in [6.07, 6.45) is 6.44. The second-order valence-corrected chi connectivity index (χ2v) is 6.78. The lowest BCUT2D eigenvalue weighted by atomic mass is 9.83. The van der Waals surface area contributed by atoms with Crippen LogP contribution in [0.1, 0.15) is 60.3 Å². The van der Waals surface area contributed by atoms with Gasteiger partial charge in [-0.25, -0.2) is 4.98 Å². The van der Waals surface area contributed by atoms with Crippen molar-refractivity contribution < 1.29 is 9.53 Å². The van der Waals surface area contributed by atoms with Gasteiger partial charge in [-0.3, -0.25) is 4.79 Å². The van der Waals surface area contributed by atoms with Crippen LogP contribution in [0, 0.1) is 0 Å². The van der Waals surface area contributed by atoms with E-state index in [2.05, 4.69) is 17.1 Å². The van der Waals surface area contributed by atoms with Gasteiger partial charge in [0.25, 0.3) is 5.91 Å². The third kappa shape index (κ3) is 3.55. The number of carbonyl (C=O) groups excluding carboxylic acids is 1. The molecule has 1 aliphatic carbocycles. The molecule has 1 amide bonds. The number of thiazole rings is 1. The van der Waals surface area contributed by atoms with E-state index in [1.807, 2.05) is 18.4 Å². The van der Waals surface area contributed by atoms with E-state index in [1.54, 1.807) is 0 Å². The molecule has 0 radical (unpaired) electrons. The van der Waals surface area contributed by atoms with Crippen molar-refractivity contribution in [2.45, 2.75) is 44.9 Å². The van der Waals surface area contributed by atoms with E-state index in [0.29, 0.717) is 17.5 Å². The highest BCUT2D eigenvalue weighted by molar-refractivity contribution is 7.12. The van der Waals surface area contributed by atoms with Crippen molar-refractivity contribution in [3.05, 3.63) is 34.2 Å². The Morgan fingerprint density at radius 3 is 2.78 bits per heavy atom. The molecule has 0 saturated heterocycles. The number of amides is 1. The van der Waals surface area contributed by atoms with Crippen LogP contribution in [-0.4, -0.2) is 17.5 Å². The molecular weight excluding hydrogens is 308 g/mol. The zero-order chi connectivity index (χ0) is 16.2. The summed E-state index contributed by atoms with van der Waals surface area (Å²) in [7, 11) is 0. The van der Waals surface area contributed by atoms with Gasteiger partial charge in [0, 0.05) is 10.9 Å². The molecule has 0 atom stereocenters. The van der Waals surface area contributed by atoms with Crippen molar-refractivity contribution in [2.24, 2.45) is 5.73 Å². The van der Waals surface area contributed by atoms with Crippen molar-refractivity contribution in [3.8, 4) is 17.0 Å². The smallest absolute Gasteiger partial charge is 0.277 e. The standard InChI is InChI=1S/C18H22N2O2S/c1-2-22-16-9-8-13(12-6-4-3-5-7-12)10-14(16)15-11-23-18(20-15)17(19)21/h8-12H,2-7H2,1H3,(H2,19,21). The first-order valence-corrected chi connectivity index (χ1v) is 9.09. The van der Waals surface area contributed by atoms with Gasteiger partial charge in [-0.1, -0.05) is 25.3 Å². The molecule has 3 rings (SSSR count). The van der Waals surface area contributed by atoms with Crippen LogP contribution in [0.2, 0.25) is 0 Å². The van der Waals surface area contributed by atoms with Gasteiger partial charge in [0.1, 0.15) is 5.75 Å². The zero-order valence-corrected chi connectivity index (χ0v) is 14.2. The number of nitrogens with zero attached hydrogens (tertiary/aromatic N) is 1. The predicted octanol–water partition coefficient (Wildman–Crippen LogP) is 4.36. The Labute approximate surface area is 140 Å². The van der Waals surface area contributed by atoms with E-state index >= 15 is 0 Å². The van der Waals surface area contributed by atoms with Gasteiger partial charge < -0.3 is 10.5 Å². The van der Waals surface area contributed by atoms with Gasteiger partial charge in [0.2, 0.25) is 0 Å². The maximum atomic E-state index is 11.3. The Balaban J connectivity index is 1.98. The van der Waals surface area contributed by atoms with Gasteiger partial charge in [0.15, 0.2) is 5.01 Å². The molecule has 1 saturated carbocycles. The fraction of sp³-hybridized carbons (Fsp3) is 0.444. The lowest BCUT2D eigenvalue weighted by Crippen LogP contribution is -2.10. The normalized spacial score (nSPS) is 15.5. The van der Waals surface area contributed by atoms with Crippen LogP contribution >= 0.6 is 11.3 Å². The highest BCUT2D eigenvalue weighted by Crippen LogP contribution is 2.38. The topological polar surface area (TPSA) is 65.2 Å². The molecule has 0 bridgehead atoms. The number of nitrogens with two attached hydrogens (primary N) is 1. The molecule has 1 aliphatic rings. The number of primary amides is 1. The minimum atomic E-state index is -0.484. The van der Waals surface area contributed by atoms with Crippen LogP contribution in [0.3, 0.4) is 0 Å². The number of carbonyl (C=O) groups is 1. The summed E-state index contributed by atoms with van der Waals surface area (Å²) in [4.78, 5) is 15.7. The van der Waals surface area contributed by atoms with Crippen molar-refractivity contribution in [3.63, 3.8) is 0 Å². The molecule has 2 aromatic rings. The SMILES string of the molecule is CCOc1ccc(C2CCCCC2)cc1-c1csc(C(N)=O)n1. The van der Waals surface area contributed by atoms with E-state index in [9.17, 15) is 4.79 Å². The second kappa shape index (κ2) is 7.13. The number of rotatable bonds is 5. The number of ether oxygens (including phenoxy) is 1. The van der Waals surface area contributed by atoms with Crippen LogP contribution in [-0.2, 0) is 0 Å². The molecule has 23 heavy (non-hydrogen) atoms. The second-order valence-electron chi connectivity index (χ2n) is 5.93. The third-order valence-electron chi connectivity index (χ3n) is 4.37. The summed E-state index contributed by atoms with van der Waals surface area (Å²) < 4.78 is 5.75. The Hall–Kier alpha value is -1.88. The number of benzene rings is 1. The summed E-state index contributed by atoms with van der Waals surface area (Å²) >= 11 is 1.28. The van der Waals surface area contributed by atoms with Crippen molar-refractivity contribution >= 4 is 17.2 Å². The van der Waals surface area contributed by atoms with E-state index in [4.69, 9.17) is 10.5 Å². The summed E-state index contributed by atoms with van der Waals surface area (Å²) in [5, 5.41) is 2.22. The van der Waals surface area contributed by atoms with Gasteiger partial charge in [-0.05, 0) is 43.4 Å². The summed E-state index contributed by atoms with van der Waals surface area (Å²) in [5.41, 5.74) is 8.40. The monoisotopic (exact) mass is 330 g/mol. The van der Waals surface area contributed by atoms with Crippen LogP contribution in [0.5, 0.6) is 5.75 Å². The third-order valence-corrected chi connectivity index (χ3v) is 5.23. The van der Waals surface area contributed by atoms with Gasteiger partial charge in [0.05, 0.1) is 12.3 Å². The molecule has 1 fully saturated rings. The van der Waals surface area contributed by atoms with Crippen molar-refractivity contribution in [2.75, 3.05) is 6.61 Å². The highest BCUT2D eigenvalue weighted by Gasteiger charge is 2.19. The molecule has 1 aromatic carbocycles. The fourth-order valence-electron chi connectivity index (χ4n) is 3.23. The summed E-state index contributed by atoms with van der Waals surface area (Å²) in [5.74, 6) is 0.948. The summed E-state index contributed by atoms with van der Waals surface area (Å²) in [6.45, 7) is 2.57. The Morgan fingerprint density at radius 2 is 2.13 bits per heavy atom. The van der Waals surface area contributed by atoms with E-state index in [1.165, 1.54) is 49.0 Å². The van der Waals surface area contributed by atoms with Crippen LogP contribution in [0.25, 0.3) is 11.3 Å². The Morgan fingerprint density at radius 1 is 1.35 bits per heavy atom. The summed E-state index contributed by atoms with van der Waals surface area (Å²) in [6, 6.07) is 6.39. The van der Waals surface area contributed by atoms with Crippen LogP contribution < -0.4 is 10.5 Å². The number of hydrogen-bond donors (Lipinski definition) is 1. The van der Waals surface area contributed by atoms with Gasteiger partial charge >= 0.3 is 0 Å². The first-order valence-electron chi connectivity index (χ1n) is 8.21. The number of aromatic nitrogens is 1. The quantitative estimate of drug-likeness (QED) is 0.886. The molecule has 0 unspecified atom stereocenters. The molecule has 122 valence electrons. The number of hydrogen-bond acceptors (Lipinski definition) is 4. The average molecular weight is 330 g/mol. The molecule has 1 aromatic heterocycles. The fourth-order valence-corrected chi connectivity index (χ4v) is 3.90. The Bertz CT molecular complexity index is 690. The van der Waals surface area contributed by atoms with Gasteiger partial charge in [-0.2, -0.15) is 0 Å². The molecule has 1 heterocycles. The minimum Gasteiger partial charge on any atom is -0.493 e. The van der Waals surface area contributed by atoms with Gasteiger partial charge in [-0.15, -0.1) is 11.3 Å². The maximum Gasteiger partial charge on any atom is 0.277 e. The maximum absolute atomic E-state index is 11.3. The zero-order valence-electron chi connectivity index (χ0n) is 13.4. The molecule has 0 spiro atoms. The van der Waals surface area contributed by atoms with E-state index < -0.39 is 5.91 Å². The molecular formula is C18H22N2O2S. The first kappa shape index (κ1) is 16.0. The average Bonchev–Trinajstić information content (AvgIpc) is 3.06. The largest absolute Gasteiger partial charge is 0.493 e. The Kier molecular flexibility index (Phi) is 4.96. The van der Waals surface area contributed by atoms with Crippen LogP contribution in [0.4, 0.5) is 0 Å². The molecule has 0 aliphatic heterocycles. The molecule has 2 N–H and O–H groups in total. The molecule has 5 heteroatoms. The van der Waals surface area contributed by atoms with Crippen LogP contribution in [0.15, 0.2) is 23.6 Å². The molecule has 4 nitrogen and oxygen atoms in total. The minimum absolute atomic E-state index is 0.338. The van der Waals surface area contributed by atoms with Crippen molar-refractivity contribution in [1.29, 1.82) is 0 Å². The van der Waals surface area contributed by atoms with E-state index in [0.717, 1.165) is 17.0 Å². The first-order chi connectivity index (χ1) is 11.2. The highest BCUT2D eigenvalue weighted by atomic mass is 32.1. The predicted molar refractivity (Wildman–Crippen MR) is 93.1 cm³/mol. The lowest BCUT2D eigenvalue weighted by Gasteiger charge is -2.23.